The summed E-state index contributed by atoms with van der Waals surface area (Å²) in [5.41, 5.74) is 2.77. The fraction of sp³-hybridized carbons (Fsp3) is 0.353. The zero-order chi connectivity index (χ0) is 15.6. The second kappa shape index (κ2) is 5.96. The third kappa shape index (κ3) is 2.66. The number of piperidine rings is 1. The molecule has 0 amide bonds. The van der Waals surface area contributed by atoms with Gasteiger partial charge in [-0.2, -0.15) is 9.61 Å². The number of ether oxygens (including phenoxy) is 1. The van der Waals surface area contributed by atoms with E-state index in [1.807, 2.05) is 40.9 Å². The Morgan fingerprint density at radius 3 is 2.57 bits per heavy atom. The van der Waals surface area contributed by atoms with Crippen molar-refractivity contribution in [3.8, 4) is 17.0 Å². The largest absolute Gasteiger partial charge is 0.497 e. The lowest BCUT2D eigenvalue weighted by Crippen LogP contribution is -2.27. The van der Waals surface area contributed by atoms with Crippen LogP contribution in [0.2, 0.25) is 0 Å². The van der Waals surface area contributed by atoms with E-state index >= 15 is 0 Å². The quantitative estimate of drug-likeness (QED) is 0.804. The summed E-state index contributed by atoms with van der Waals surface area (Å²) in [6.45, 7) is 2.05. The van der Waals surface area contributed by atoms with Crippen molar-refractivity contribution in [3.63, 3.8) is 0 Å². The van der Waals surface area contributed by atoms with Gasteiger partial charge in [-0.3, -0.25) is 0 Å². The molecular weight excluding hydrogens is 290 g/mol. The molecule has 118 valence electrons. The van der Waals surface area contributed by atoms with E-state index in [4.69, 9.17) is 9.84 Å². The van der Waals surface area contributed by atoms with E-state index in [-0.39, 0.29) is 0 Å². The van der Waals surface area contributed by atoms with Gasteiger partial charge in [-0.1, -0.05) is 0 Å². The Balaban J connectivity index is 1.73. The molecule has 4 rings (SSSR count). The van der Waals surface area contributed by atoms with Gasteiger partial charge in [0, 0.05) is 11.5 Å². The summed E-state index contributed by atoms with van der Waals surface area (Å²) in [7, 11) is 1.67. The van der Waals surface area contributed by atoms with E-state index < -0.39 is 0 Å². The second-order valence-electron chi connectivity index (χ2n) is 5.80. The normalized spacial score (nSPS) is 15.9. The van der Waals surface area contributed by atoms with Crippen molar-refractivity contribution < 1.29 is 4.74 Å². The first kappa shape index (κ1) is 14.1. The molecular formula is C17H19N5O. The lowest BCUT2D eigenvalue weighted by atomic mass is 9.97. The number of rotatable bonds is 3. The molecule has 6 nitrogen and oxygen atoms in total. The molecule has 0 saturated carbocycles. The average molecular weight is 309 g/mol. The van der Waals surface area contributed by atoms with Crippen molar-refractivity contribution in [2.24, 2.45) is 0 Å². The lowest BCUT2D eigenvalue weighted by molar-refractivity contribution is 0.415. The Bertz CT molecular complexity index is 805. The molecule has 6 heteroatoms. The molecule has 1 fully saturated rings. The topological polar surface area (TPSA) is 64.3 Å². The van der Waals surface area contributed by atoms with Crippen LogP contribution in [-0.4, -0.2) is 40.0 Å². The molecule has 1 aliphatic heterocycles. The maximum Gasteiger partial charge on any atom is 0.177 e. The molecule has 0 unspecified atom stereocenters. The smallest absolute Gasteiger partial charge is 0.177 e. The highest BCUT2D eigenvalue weighted by Crippen LogP contribution is 2.25. The fourth-order valence-electron chi connectivity index (χ4n) is 3.06. The Morgan fingerprint density at radius 2 is 1.83 bits per heavy atom. The molecule has 0 radical (unpaired) electrons. The SMILES string of the molecule is COc1ccc(-c2ccc3nnc(C4CCNCC4)n3n2)cc1. The van der Waals surface area contributed by atoms with Gasteiger partial charge in [0.05, 0.1) is 12.8 Å². The van der Waals surface area contributed by atoms with Gasteiger partial charge in [-0.05, 0) is 62.3 Å². The minimum Gasteiger partial charge on any atom is -0.497 e. The van der Waals surface area contributed by atoms with E-state index in [9.17, 15) is 0 Å². The predicted octanol–water partition coefficient (Wildman–Crippen LogP) is 2.27. The Labute approximate surface area is 134 Å². The van der Waals surface area contributed by atoms with Crippen LogP contribution in [0.3, 0.4) is 0 Å². The summed E-state index contributed by atoms with van der Waals surface area (Å²) >= 11 is 0. The van der Waals surface area contributed by atoms with E-state index in [2.05, 4.69) is 15.5 Å². The molecule has 0 atom stereocenters. The minimum absolute atomic E-state index is 0.421. The van der Waals surface area contributed by atoms with Crippen molar-refractivity contribution >= 4 is 5.65 Å². The third-order valence-electron chi connectivity index (χ3n) is 4.38. The molecule has 0 spiro atoms. The third-order valence-corrected chi connectivity index (χ3v) is 4.38. The molecule has 1 N–H and O–H groups in total. The van der Waals surface area contributed by atoms with Crippen LogP contribution < -0.4 is 10.1 Å². The van der Waals surface area contributed by atoms with Gasteiger partial charge < -0.3 is 10.1 Å². The van der Waals surface area contributed by atoms with Gasteiger partial charge in [-0.15, -0.1) is 10.2 Å². The molecule has 1 saturated heterocycles. The highest BCUT2D eigenvalue weighted by molar-refractivity contribution is 5.61. The molecule has 23 heavy (non-hydrogen) atoms. The molecule has 1 aromatic carbocycles. The van der Waals surface area contributed by atoms with Gasteiger partial charge in [-0.25, -0.2) is 0 Å². The summed E-state index contributed by atoms with van der Waals surface area (Å²) in [6, 6.07) is 11.9. The zero-order valence-corrected chi connectivity index (χ0v) is 13.1. The van der Waals surface area contributed by atoms with E-state index in [1.165, 1.54) is 0 Å². The maximum absolute atomic E-state index is 5.21. The van der Waals surface area contributed by atoms with Gasteiger partial charge in [0.1, 0.15) is 5.75 Å². The summed E-state index contributed by atoms with van der Waals surface area (Å²) in [5.74, 6) is 2.23. The molecule has 3 aromatic rings. The van der Waals surface area contributed by atoms with Gasteiger partial charge in [0.2, 0.25) is 0 Å². The monoisotopic (exact) mass is 309 g/mol. The molecule has 2 aromatic heterocycles. The minimum atomic E-state index is 0.421. The Kier molecular flexibility index (Phi) is 3.67. The van der Waals surface area contributed by atoms with Crippen LogP contribution in [0, 0.1) is 0 Å². The summed E-state index contributed by atoms with van der Waals surface area (Å²) < 4.78 is 7.11. The fourth-order valence-corrected chi connectivity index (χ4v) is 3.06. The zero-order valence-electron chi connectivity index (χ0n) is 13.1. The number of nitrogens with zero attached hydrogens (tertiary/aromatic N) is 4. The number of hydrogen-bond acceptors (Lipinski definition) is 5. The number of aromatic nitrogens is 4. The number of methoxy groups -OCH3 is 1. The van der Waals surface area contributed by atoms with Crippen molar-refractivity contribution in [2.45, 2.75) is 18.8 Å². The first-order valence-electron chi connectivity index (χ1n) is 7.92. The van der Waals surface area contributed by atoms with Crippen molar-refractivity contribution in [1.29, 1.82) is 0 Å². The highest BCUT2D eigenvalue weighted by atomic mass is 16.5. The van der Waals surface area contributed by atoms with Crippen LogP contribution in [0.4, 0.5) is 0 Å². The van der Waals surface area contributed by atoms with Gasteiger partial charge in [0.15, 0.2) is 11.5 Å². The second-order valence-corrected chi connectivity index (χ2v) is 5.80. The van der Waals surface area contributed by atoms with Crippen LogP contribution in [0.15, 0.2) is 36.4 Å². The highest BCUT2D eigenvalue weighted by Gasteiger charge is 2.21. The summed E-state index contributed by atoms with van der Waals surface area (Å²) in [5, 5.41) is 16.8. The molecule has 0 aliphatic carbocycles. The van der Waals surface area contributed by atoms with Crippen molar-refractivity contribution in [2.75, 3.05) is 20.2 Å². The molecule has 0 bridgehead atoms. The van der Waals surface area contributed by atoms with E-state index in [1.54, 1.807) is 7.11 Å². The van der Waals surface area contributed by atoms with Crippen LogP contribution >= 0.6 is 0 Å². The van der Waals surface area contributed by atoms with Crippen LogP contribution in [-0.2, 0) is 0 Å². The lowest BCUT2D eigenvalue weighted by Gasteiger charge is -2.20. The molecule has 1 aliphatic rings. The first-order valence-corrected chi connectivity index (χ1v) is 7.92. The van der Waals surface area contributed by atoms with Crippen molar-refractivity contribution in [1.82, 2.24) is 25.1 Å². The number of hydrogen-bond donors (Lipinski definition) is 1. The standard InChI is InChI=1S/C17H19N5O/c1-23-14-4-2-12(3-5-14)15-6-7-16-19-20-17(22(16)21-15)13-8-10-18-11-9-13/h2-7,13,18H,8-11H2,1H3. The average Bonchev–Trinajstić information content (AvgIpc) is 3.05. The first-order chi connectivity index (χ1) is 11.3. The van der Waals surface area contributed by atoms with Crippen LogP contribution in [0.5, 0.6) is 5.75 Å². The Morgan fingerprint density at radius 1 is 1.04 bits per heavy atom. The van der Waals surface area contributed by atoms with Crippen LogP contribution in [0.25, 0.3) is 16.9 Å². The summed E-state index contributed by atoms with van der Waals surface area (Å²) in [6.07, 6.45) is 2.16. The van der Waals surface area contributed by atoms with Crippen molar-refractivity contribution in [3.05, 3.63) is 42.2 Å². The number of fused-ring (bicyclic) bond motifs is 1. The van der Waals surface area contributed by atoms with E-state index in [0.29, 0.717) is 5.92 Å². The Hall–Kier alpha value is -2.47. The number of nitrogens with one attached hydrogen (secondary N) is 1. The van der Waals surface area contributed by atoms with Gasteiger partial charge >= 0.3 is 0 Å². The maximum atomic E-state index is 5.21. The van der Waals surface area contributed by atoms with Gasteiger partial charge in [0.25, 0.3) is 0 Å². The van der Waals surface area contributed by atoms with Crippen LogP contribution in [0.1, 0.15) is 24.6 Å². The predicted molar refractivity (Wildman–Crippen MR) is 87.6 cm³/mol. The molecule has 3 heterocycles. The number of benzene rings is 1. The van der Waals surface area contributed by atoms with E-state index in [0.717, 1.165) is 54.4 Å². The summed E-state index contributed by atoms with van der Waals surface area (Å²) in [4.78, 5) is 0.